The molecule has 1 aromatic rings. The fraction of sp³-hybridized carbons (Fsp3) is 0.571. The van der Waals surface area contributed by atoms with E-state index in [1.807, 2.05) is 6.07 Å². The monoisotopic (exact) mass is 312 g/mol. The lowest BCUT2D eigenvalue weighted by Crippen LogP contribution is -2.32. The number of benzene rings is 1. The van der Waals surface area contributed by atoms with E-state index in [-0.39, 0.29) is 0 Å². The van der Waals surface area contributed by atoms with E-state index >= 15 is 0 Å². The van der Waals surface area contributed by atoms with Gasteiger partial charge in [-0.2, -0.15) is 0 Å². The number of nitrogens with zero attached hydrogens (tertiary/aromatic N) is 1. The molecule has 0 saturated carbocycles. The molecule has 2 rings (SSSR count). The van der Waals surface area contributed by atoms with Gasteiger partial charge >= 0.3 is 0 Å². The molecule has 1 N–H and O–H groups in total. The van der Waals surface area contributed by atoms with E-state index in [1.54, 1.807) is 7.11 Å². The third kappa shape index (κ3) is 3.39. The molecule has 0 radical (unpaired) electrons. The molecule has 3 nitrogen and oxygen atoms in total. The van der Waals surface area contributed by atoms with Crippen molar-refractivity contribution in [2.24, 2.45) is 0 Å². The zero-order valence-corrected chi connectivity index (χ0v) is 12.7. The zero-order chi connectivity index (χ0) is 13.0. The summed E-state index contributed by atoms with van der Waals surface area (Å²) in [5, 5.41) is 3.59. The standard InChI is InChI=1S/C14H21BrN2O/c1-3-5-16-12-4-6-17(10-12)13-7-11(15)8-14(9-13)18-2/h7-9,12,16H,3-6,10H2,1-2H3. The maximum atomic E-state index is 5.31. The van der Waals surface area contributed by atoms with Gasteiger partial charge in [0.05, 0.1) is 7.11 Å². The van der Waals surface area contributed by atoms with Gasteiger partial charge in [-0.05, 0) is 31.5 Å². The quantitative estimate of drug-likeness (QED) is 0.904. The van der Waals surface area contributed by atoms with Crippen LogP contribution < -0.4 is 15.0 Å². The van der Waals surface area contributed by atoms with Crippen LogP contribution in [-0.2, 0) is 0 Å². The van der Waals surface area contributed by atoms with Crippen LogP contribution in [0.15, 0.2) is 22.7 Å². The largest absolute Gasteiger partial charge is 0.497 e. The number of anilines is 1. The van der Waals surface area contributed by atoms with E-state index in [1.165, 1.54) is 18.5 Å². The van der Waals surface area contributed by atoms with Crippen molar-refractivity contribution >= 4 is 21.6 Å². The average molecular weight is 313 g/mol. The third-order valence-electron chi connectivity index (χ3n) is 3.33. The summed E-state index contributed by atoms with van der Waals surface area (Å²) >= 11 is 3.54. The van der Waals surface area contributed by atoms with Gasteiger partial charge in [-0.1, -0.05) is 22.9 Å². The molecule has 1 saturated heterocycles. The van der Waals surface area contributed by atoms with Gasteiger partial charge in [0.1, 0.15) is 5.75 Å². The van der Waals surface area contributed by atoms with Gasteiger partial charge < -0.3 is 15.0 Å². The normalized spacial score (nSPS) is 19.3. The van der Waals surface area contributed by atoms with Gasteiger partial charge in [-0.3, -0.25) is 0 Å². The molecule has 1 fully saturated rings. The van der Waals surface area contributed by atoms with E-state index in [0.717, 1.165) is 29.9 Å². The van der Waals surface area contributed by atoms with Gasteiger partial charge in [0.15, 0.2) is 0 Å². The zero-order valence-electron chi connectivity index (χ0n) is 11.1. The van der Waals surface area contributed by atoms with Crippen LogP contribution >= 0.6 is 15.9 Å². The Balaban J connectivity index is 2.02. The Morgan fingerprint density at radius 3 is 3.00 bits per heavy atom. The lowest BCUT2D eigenvalue weighted by molar-refractivity contribution is 0.414. The molecule has 0 spiro atoms. The van der Waals surface area contributed by atoms with Crippen molar-refractivity contribution in [3.05, 3.63) is 22.7 Å². The van der Waals surface area contributed by atoms with Gasteiger partial charge in [0, 0.05) is 35.4 Å². The molecule has 0 aliphatic carbocycles. The van der Waals surface area contributed by atoms with Gasteiger partial charge in [-0.25, -0.2) is 0 Å². The molecule has 0 aromatic heterocycles. The van der Waals surface area contributed by atoms with E-state index in [0.29, 0.717) is 6.04 Å². The second kappa shape index (κ2) is 6.43. The Morgan fingerprint density at radius 1 is 1.44 bits per heavy atom. The first-order chi connectivity index (χ1) is 8.72. The minimum Gasteiger partial charge on any atom is -0.497 e. The fourth-order valence-electron chi connectivity index (χ4n) is 2.36. The summed E-state index contributed by atoms with van der Waals surface area (Å²) < 4.78 is 6.39. The molecule has 1 heterocycles. The number of hydrogen-bond donors (Lipinski definition) is 1. The molecule has 0 amide bonds. The van der Waals surface area contributed by atoms with Crippen molar-refractivity contribution in [3.63, 3.8) is 0 Å². The highest BCUT2D eigenvalue weighted by atomic mass is 79.9. The van der Waals surface area contributed by atoms with Crippen LogP contribution in [0.3, 0.4) is 0 Å². The van der Waals surface area contributed by atoms with Crippen molar-refractivity contribution in [2.75, 3.05) is 31.6 Å². The van der Waals surface area contributed by atoms with Crippen LogP contribution in [0.1, 0.15) is 19.8 Å². The molecule has 1 aliphatic heterocycles. The molecule has 1 atom stereocenters. The molecule has 18 heavy (non-hydrogen) atoms. The molecule has 1 unspecified atom stereocenters. The summed E-state index contributed by atoms with van der Waals surface area (Å²) in [5.41, 5.74) is 1.24. The van der Waals surface area contributed by atoms with Crippen molar-refractivity contribution < 1.29 is 4.74 Å². The smallest absolute Gasteiger partial charge is 0.122 e. The minimum atomic E-state index is 0.620. The Hall–Kier alpha value is -0.740. The maximum absolute atomic E-state index is 5.31. The average Bonchev–Trinajstić information content (AvgIpc) is 2.84. The van der Waals surface area contributed by atoms with Crippen molar-refractivity contribution in [1.29, 1.82) is 0 Å². The summed E-state index contributed by atoms with van der Waals surface area (Å²) in [7, 11) is 1.71. The van der Waals surface area contributed by atoms with Gasteiger partial charge in [0.25, 0.3) is 0 Å². The van der Waals surface area contributed by atoms with Crippen molar-refractivity contribution in [1.82, 2.24) is 5.32 Å². The highest BCUT2D eigenvalue weighted by Gasteiger charge is 2.22. The first-order valence-corrected chi connectivity index (χ1v) is 7.35. The lowest BCUT2D eigenvalue weighted by Gasteiger charge is -2.20. The number of rotatable bonds is 5. The molecule has 100 valence electrons. The van der Waals surface area contributed by atoms with Crippen LogP contribution in [0.25, 0.3) is 0 Å². The fourth-order valence-corrected chi connectivity index (χ4v) is 2.82. The summed E-state index contributed by atoms with van der Waals surface area (Å²) in [5.74, 6) is 0.907. The number of halogens is 1. The first kappa shape index (κ1) is 13.7. The molecule has 1 aliphatic rings. The van der Waals surface area contributed by atoms with E-state index in [4.69, 9.17) is 4.74 Å². The third-order valence-corrected chi connectivity index (χ3v) is 3.79. The van der Waals surface area contributed by atoms with E-state index < -0.39 is 0 Å². The SMILES string of the molecule is CCCNC1CCN(c2cc(Br)cc(OC)c2)C1. The Morgan fingerprint density at radius 2 is 2.28 bits per heavy atom. The lowest BCUT2D eigenvalue weighted by atomic mass is 10.2. The van der Waals surface area contributed by atoms with Crippen LogP contribution in [0.2, 0.25) is 0 Å². The summed E-state index contributed by atoms with van der Waals surface area (Å²) in [6.07, 6.45) is 2.41. The second-order valence-corrected chi connectivity index (χ2v) is 5.65. The highest BCUT2D eigenvalue weighted by molar-refractivity contribution is 9.10. The Bertz CT molecular complexity index is 397. The predicted octanol–water partition coefficient (Wildman–Crippen LogP) is 3.04. The summed E-state index contributed by atoms with van der Waals surface area (Å²) in [4.78, 5) is 2.42. The Kier molecular flexibility index (Phi) is 4.89. The number of methoxy groups -OCH3 is 1. The van der Waals surface area contributed by atoms with E-state index in [2.05, 4.69) is 45.2 Å². The summed E-state index contributed by atoms with van der Waals surface area (Å²) in [6.45, 7) is 5.51. The predicted molar refractivity (Wildman–Crippen MR) is 79.6 cm³/mol. The number of nitrogens with one attached hydrogen (secondary N) is 1. The number of hydrogen-bond acceptors (Lipinski definition) is 3. The van der Waals surface area contributed by atoms with E-state index in [9.17, 15) is 0 Å². The second-order valence-electron chi connectivity index (χ2n) is 4.73. The molecular formula is C14H21BrN2O. The van der Waals surface area contributed by atoms with Crippen molar-refractivity contribution in [3.8, 4) is 5.75 Å². The van der Waals surface area contributed by atoms with Gasteiger partial charge in [0.2, 0.25) is 0 Å². The van der Waals surface area contributed by atoms with Crippen LogP contribution in [0.4, 0.5) is 5.69 Å². The highest BCUT2D eigenvalue weighted by Crippen LogP contribution is 2.29. The molecular weight excluding hydrogens is 292 g/mol. The van der Waals surface area contributed by atoms with Crippen LogP contribution in [-0.4, -0.2) is 32.8 Å². The van der Waals surface area contributed by atoms with Crippen molar-refractivity contribution in [2.45, 2.75) is 25.8 Å². The number of ether oxygens (including phenoxy) is 1. The van der Waals surface area contributed by atoms with Crippen LogP contribution in [0, 0.1) is 0 Å². The molecule has 4 heteroatoms. The minimum absolute atomic E-state index is 0.620. The molecule has 0 bridgehead atoms. The summed E-state index contributed by atoms with van der Waals surface area (Å²) in [6, 6.07) is 6.87. The Labute approximate surface area is 118 Å². The van der Waals surface area contributed by atoms with Crippen LogP contribution in [0.5, 0.6) is 5.75 Å². The topological polar surface area (TPSA) is 24.5 Å². The molecule has 1 aromatic carbocycles. The maximum Gasteiger partial charge on any atom is 0.122 e. The van der Waals surface area contributed by atoms with Gasteiger partial charge in [-0.15, -0.1) is 0 Å². The first-order valence-electron chi connectivity index (χ1n) is 6.56.